The maximum absolute atomic E-state index is 5.49. The molecule has 0 radical (unpaired) electrons. The topological polar surface area (TPSA) is 58.0 Å². The predicted molar refractivity (Wildman–Crippen MR) is 81.1 cm³/mol. The van der Waals surface area contributed by atoms with Gasteiger partial charge in [-0.1, -0.05) is 23.4 Å². The van der Waals surface area contributed by atoms with Crippen LogP contribution >= 0.6 is 0 Å². The number of para-hydroxylation sites is 1. The highest BCUT2D eigenvalue weighted by molar-refractivity contribution is 5.84. The van der Waals surface area contributed by atoms with Crippen molar-refractivity contribution >= 4 is 10.9 Å². The standard InChI is InChI=1S/C16H18N4O/c1-20-8-6-11(7-9-20)16-18-15(19-21-16)14-10-12-4-2-3-5-13(12)17-14/h2-5,10-11,17H,6-9H2,1H3. The van der Waals surface area contributed by atoms with Crippen LogP contribution < -0.4 is 0 Å². The largest absolute Gasteiger partial charge is 0.352 e. The molecule has 0 aliphatic carbocycles. The Morgan fingerprint density at radius 1 is 1.24 bits per heavy atom. The zero-order valence-electron chi connectivity index (χ0n) is 12.0. The van der Waals surface area contributed by atoms with Crippen LogP contribution in [-0.2, 0) is 0 Å². The molecule has 0 saturated carbocycles. The van der Waals surface area contributed by atoms with Crippen molar-refractivity contribution in [3.63, 3.8) is 0 Å². The van der Waals surface area contributed by atoms with Crippen LogP contribution in [0.2, 0.25) is 0 Å². The van der Waals surface area contributed by atoms with E-state index in [1.807, 2.05) is 12.1 Å². The highest BCUT2D eigenvalue weighted by atomic mass is 16.5. The molecular formula is C16H18N4O. The molecule has 1 aliphatic heterocycles. The van der Waals surface area contributed by atoms with Gasteiger partial charge in [-0.05, 0) is 45.1 Å². The number of hydrogen-bond acceptors (Lipinski definition) is 4. The van der Waals surface area contributed by atoms with Crippen LogP contribution in [0.3, 0.4) is 0 Å². The molecule has 21 heavy (non-hydrogen) atoms. The van der Waals surface area contributed by atoms with Gasteiger partial charge < -0.3 is 14.4 Å². The van der Waals surface area contributed by atoms with Gasteiger partial charge >= 0.3 is 0 Å². The van der Waals surface area contributed by atoms with Crippen molar-refractivity contribution in [1.82, 2.24) is 20.0 Å². The van der Waals surface area contributed by atoms with E-state index in [1.54, 1.807) is 0 Å². The molecule has 0 bridgehead atoms. The van der Waals surface area contributed by atoms with E-state index >= 15 is 0 Å². The summed E-state index contributed by atoms with van der Waals surface area (Å²) in [6.45, 7) is 2.18. The first-order chi connectivity index (χ1) is 10.3. The van der Waals surface area contributed by atoms with Crippen LogP contribution in [0, 0.1) is 0 Å². The maximum Gasteiger partial charge on any atom is 0.230 e. The third kappa shape index (κ3) is 2.34. The van der Waals surface area contributed by atoms with E-state index in [0.717, 1.165) is 48.4 Å². The molecule has 1 fully saturated rings. The Kier molecular flexibility index (Phi) is 3.00. The number of rotatable bonds is 2. The van der Waals surface area contributed by atoms with Gasteiger partial charge in [-0.25, -0.2) is 0 Å². The summed E-state index contributed by atoms with van der Waals surface area (Å²) < 4.78 is 5.49. The summed E-state index contributed by atoms with van der Waals surface area (Å²) in [6, 6.07) is 10.2. The molecule has 5 nitrogen and oxygen atoms in total. The van der Waals surface area contributed by atoms with Gasteiger partial charge in [-0.15, -0.1) is 0 Å². The molecule has 1 aromatic carbocycles. The van der Waals surface area contributed by atoms with Crippen LogP contribution in [0.15, 0.2) is 34.9 Å². The average Bonchev–Trinajstić information content (AvgIpc) is 3.14. The maximum atomic E-state index is 5.49. The molecular weight excluding hydrogens is 264 g/mol. The first-order valence-electron chi connectivity index (χ1n) is 7.40. The fraction of sp³-hybridized carbons (Fsp3) is 0.375. The smallest absolute Gasteiger partial charge is 0.230 e. The molecule has 0 unspecified atom stereocenters. The summed E-state index contributed by atoms with van der Waals surface area (Å²) in [4.78, 5) is 10.3. The van der Waals surface area contributed by atoms with Crippen molar-refractivity contribution in [1.29, 1.82) is 0 Å². The number of H-pyrrole nitrogens is 1. The number of nitrogens with zero attached hydrogens (tertiary/aromatic N) is 3. The molecule has 1 aliphatic rings. The summed E-state index contributed by atoms with van der Waals surface area (Å²) in [5, 5.41) is 5.31. The predicted octanol–water partition coefficient (Wildman–Crippen LogP) is 3.03. The minimum absolute atomic E-state index is 0.395. The molecule has 3 heterocycles. The van der Waals surface area contributed by atoms with E-state index < -0.39 is 0 Å². The molecule has 1 N–H and O–H groups in total. The number of nitrogens with one attached hydrogen (secondary N) is 1. The normalized spacial score (nSPS) is 17.6. The Bertz CT molecular complexity index is 719. The SMILES string of the molecule is CN1CCC(c2nc(-c3cc4ccccc4[nH]3)no2)CC1. The minimum Gasteiger partial charge on any atom is -0.352 e. The lowest BCUT2D eigenvalue weighted by Gasteiger charge is -2.26. The fourth-order valence-electron chi connectivity index (χ4n) is 2.96. The van der Waals surface area contributed by atoms with Crippen molar-refractivity contribution in [3.05, 3.63) is 36.2 Å². The van der Waals surface area contributed by atoms with Gasteiger partial charge in [-0.3, -0.25) is 0 Å². The van der Waals surface area contributed by atoms with Crippen LogP contribution in [0.25, 0.3) is 22.4 Å². The third-order valence-corrected chi connectivity index (χ3v) is 4.28. The Morgan fingerprint density at radius 2 is 2.05 bits per heavy atom. The van der Waals surface area contributed by atoms with Crippen molar-refractivity contribution in [3.8, 4) is 11.5 Å². The van der Waals surface area contributed by atoms with Crippen molar-refractivity contribution < 1.29 is 4.52 Å². The van der Waals surface area contributed by atoms with Crippen LogP contribution in [0.1, 0.15) is 24.7 Å². The number of piperidine rings is 1. The highest BCUT2D eigenvalue weighted by Crippen LogP contribution is 2.28. The molecule has 108 valence electrons. The lowest BCUT2D eigenvalue weighted by molar-refractivity contribution is 0.227. The van der Waals surface area contributed by atoms with E-state index in [1.165, 1.54) is 0 Å². The van der Waals surface area contributed by atoms with E-state index in [2.05, 4.69) is 45.3 Å². The van der Waals surface area contributed by atoms with Crippen LogP contribution in [0.4, 0.5) is 0 Å². The van der Waals surface area contributed by atoms with Gasteiger partial charge in [0.15, 0.2) is 0 Å². The van der Waals surface area contributed by atoms with Crippen molar-refractivity contribution in [2.24, 2.45) is 0 Å². The van der Waals surface area contributed by atoms with Gasteiger partial charge in [0.1, 0.15) is 0 Å². The van der Waals surface area contributed by atoms with Crippen LogP contribution in [-0.4, -0.2) is 40.2 Å². The second-order valence-corrected chi connectivity index (χ2v) is 5.80. The molecule has 2 aromatic heterocycles. The lowest BCUT2D eigenvalue weighted by atomic mass is 9.97. The van der Waals surface area contributed by atoms with E-state index in [0.29, 0.717) is 11.7 Å². The Morgan fingerprint density at radius 3 is 2.86 bits per heavy atom. The Labute approximate surface area is 123 Å². The second kappa shape index (κ2) is 5.00. The molecule has 1 saturated heterocycles. The molecule has 5 heteroatoms. The molecule has 0 atom stereocenters. The monoisotopic (exact) mass is 282 g/mol. The number of benzene rings is 1. The number of fused-ring (bicyclic) bond motifs is 1. The number of likely N-dealkylation sites (tertiary alicyclic amines) is 1. The first kappa shape index (κ1) is 12.6. The quantitative estimate of drug-likeness (QED) is 0.785. The summed E-state index contributed by atoms with van der Waals surface area (Å²) in [5.74, 6) is 1.82. The van der Waals surface area contributed by atoms with Crippen molar-refractivity contribution in [2.75, 3.05) is 20.1 Å². The molecule has 3 aromatic rings. The van der Waals surface area contributed by atoms with E-state index in [4.69, 9.17) is 4.52 Å². The number of aromatic amines is 1. The summed E-state index contributed by atoms with van der Waals surface area (Å²) in [7, 11) is 2.15. The van der Waals surface area contributed by atoms with Gasteiger partial charge in [-0.2, -0.15) is 4.98 Å². The zero-order chi connectivity index (χ0) is 14.2. The summed E-state index contributed by atoms with van der Waals surface area (Å²) in [5.41, 5.74) is 2.01. The summed E-state index contributed by atoms with van der Waals surface area (Å²) >= 11 is 0. The van der Waals surface area contributed by atoms with Gasteiger partial charge in [0, 0.05) is 16.8 Å². The fourth-order valence-corrected chi connectivity index (χ4v) is 2.96. The zero-order valence-corrected chi connectivity index (χ0v) is 12.0. The van der Waals surface area contributed by atoms with Gasteiger partial charge in [0.05, 0.1) is 5.69 Å². The number of aromatic nitrogens is 3. The van der Waals surface area contributed by atoms with Gasteiger partial charge in [0.2, 0.25) is 11.7 Å². The molecule has 0 amide bonds. The Balaban J connectivity index is 1.61. The van der Waals surface area contributed by atoms with Crippen molar-refractivity contribution in [2.45, 2.75) is 18.8 Å². The molecule has 4 rings (SSSR count). The third-order valence-electron chi connectivity index (χ3n) is 4.28. The van der Waals surface area contributed by atoms with Gasteiger partial charge in [0.25, 0.3) is 0 Å². The lowest BCUT2D eigenvalue weighted by Crippen LogP contribution is -2.29. The first-order valence-corrected chi connectivity index (χ1v) is 7.40. The van der Waals surface area contributed by atoms with E-state index in [-0.39, 0.29) is 0 Å². The summed E-state index contributed by atoms with van der Waals surface area (Å²) in [6.07, 6.45) is 2.18. The van der Waals surface area contributed by atoms with Crippen LogP contribution in [0.5, 0.6) is 0 Å². The minimum atomic E-state index is 0.395. The number of hydrogen-bond donors (Lipinski definition) is 1. The Hall–Kier alpha value is -2.14. The van der Waals surface area contributed by atoms with E-state index in [9.17, 15) is 0 Å². The molecule has 0 spiro atoms. The highest BCUT2D eigenvalue weighted by Gasteiger charge is 2.24. The second-order valence-electron chi connectivity index (χ2n) is 5.80. The average molecular weight is 282 g/mol.